The van der Waals surface area contributed by atoms with Gasteiger partial charge in [-0.25, -0.2) is 4.39 Å². The van der Waals surface area contributed by atoms with Gasteiger partial charge in [-0.15, -0.1) is 0 Å². The van der Waals surface area contributed by atoms with E-state index >= 15 is 0 Å². The topological polar surface area (TPSA) is 21.3 Å². The van der Waals surface area contributed by atoms with Crippen molar-refractivity contribution in [3.63, 3.8) is 0 Å². The van der Waals surface area contributed by atoms with Crippen molar-refractivity contribution < 1.29 is 9.13 Å². The average molecular weight is 288 g/mol. The molecule has 4 heteroatoms. The second-order valence-electron chi connectivity index (χ2n) is 4.71. The summed E-state index contributed by atoms with van der Waals surface area (Å²) in [5, 5.41) is 3.20. The first-order valence-corrected chi connectivity index (χ1v) is 6.07. The molecule has 1 atom stereocenters. The molecular weight excluding hydrogens is 273 g/mol. The van der Waals surface area contributed by atoms with Gasteiger partial charge in [-0.2, -0.15) is 0 Å². The van der Waals surface area contributed by atoms with E-state index in [1.165, 1.54) is 6.07 Å². The lowest BCUT2D eigenvalue weighted by Crippen LogP contribution is -2.38. The van der Waals surface area contributed by atoms with Crippen molar-refractivity contribution in [2.24, 2.45) is 0 Å². The molecule has 0 radical (unpaired) electrons. The third-order valence-electron chi connectivity index (χ3n) is 2.86. The van der Waals surface area contributed by atoms with Crippen molar-refractivity contribution in [3.05, 3.63) is 28.0 Å². The number of hydrogen-bond acceptors (Lipinski definition) is 2. The highest BCUT2D eigenvalue weighted by atomic mass is 79.9. The summed E-state index contributed by atoms with van der Waals surface area (Å²) < 4.78 is 19.8. The molecule has 1 aliphatic rings. The lowest BCUT2D eigenvalue weighted by Gasteiger charge is -2.37. The molecule has 88 valence electrons. The van der Waals surface area contributed by atoms with Crippen molar-refractivity contribution in [2.75, 3.05) is 7.05 Å². The molecule has 1 unspecified atom stereocenters. The molecular formula is C12H15BrFNO. The molecule has 0 spiro atoms. The second kappa shape index (κ2) is 4.00. The summed E-state index contributed by atoms with van der Waals surface area (Å²) in [6.45, 7) is 4.08. The number of ether oxygens (including phenoxy) is 1. The van der Waals surface area contributed by atoms with Crippen LogP contribution in [0.5, 0.6) is 5.75 Å². The van der Waals surface area contributed by atoms with E-state index in [0.29, 0.717) is 4.47 Å². The van der Waals surface area contributed by atoms with E-state index in [0.717, 1.165) is 17.7 Å². The first-order valence-electron chi connectivity index (χ1n) is 5.28. The normalized spacial score (nSPS) is 22.4. The number of benzene rings is 1. The Morgan fingerprint density at radius 2 is 2.19 bits per heavy atom. The van der Waals surface area contributed by atoms with Crippen molar-refractivity contribution in [3.8, 4) is 5.75 Å². The summed E-state index contributed by atoms with van der Waals surface area (Å²) in [6, 6.07) is 3.38. The van der Waals surface area contributed by atoms with E-state index in [2.05, 4.69) is 21.2 Å². The molecule has 0 saturated carbocycles. The van der Waals surface area contributed by atoms with Gasteiger partial charge in [0.15, 0.2) is 0 Å². The van der Waals surface area contributed by atoms with E-state index in [1.807, 2.05) is 20.9 Å². The predicted octanol–water partition coefficient (Wildman–Crippen LogP) is 3.41. The van der Waals surface area contributed by atoms with E-state index in [4.69, 9.17) is 4.74 Å². The molecule has 0 saturated heterocycles. The van der Waals surface area contributed by atoms with E-state index in [9.17, 15) is 4.39 Å². The molecule has 1 aromatic carbocycles. The third kappa shape index (κ3) is 2.09. The van der Waals surface area contributed by atoms with Gasteiger partial charge in [0.05, 0.1) is 4.47 Å². The molecule has 0 aromatic heterocycles. The smallest absolute Gasteiger partial charge is 0.137 e. The van der Waals surface area contributed by atoms with Gasteiger partial charge in [-0.1, -0.05) is 0 Å². The van der Waals surface area contributed by atoms with Crippen LogP contribution in [0.3, 0.4) is 0 Å². The Morgan fingerprint density at radius 1 is 1.50 bits per heavy atom. The van der Waals surface area contributed by atoms with Crippen molar-refractivity contribution in [1.29, 1.82) is 0 Å². The van der Waals surface area contributed by atoms with Gasteiger partial charge in [0.2, 0.25) is 0 Å². The van der Waals surface area contributed by atoms with Crippen LogP contribution in [0.1, 0.15) is 31.9 Å². The minimum absolute atomic E-state index is 0.140. The number of fused-ring (bicyclic) bond motifs is 1. The van der Waals surface area contributed by atoms with Crippen LogP contribution in [0.15, 0.2) is 16.6 Å². The average Bonchev–Trinajstić information content (AvgIpc) is 2.18. The van der Waals surface area contributed by atoms with Gasteiger partial charge in [0.1, 0.15) is 17.2 Å². The van der Waals surface area contributed by atoms with Crippen LogP contribution in [0, 0.1) is 5.82 Å². The largest absolute Gasteiger partial charge is 0.487 e. The van der Waals surface area contributed by atoms with Crippen molar-refractivity contribution >= 4 is 15.9 Å². The fourth-order valence-corrected chi connectivity index (χ4v) is 2.43. The van der Waals surface area contributed by atoms with Crippen molar-refractivity contribution in [1.82, 2.24) is 5.32 Å². The molecule has 1 heterocycles. The summed E-state index contributed by atoms with van der Waals surface area (Å²) in [5.74, 6) is 0.506. The first kappa shape index (κ1) is 11.9. The third-order valence-corrected chi connectivity index (χ3v) is 3.47. The molecule has 2 rings (SSSR count). The monoisotopic (exact) mass is 287 g/mol. The highest BCUT2D eigenvalue weighted by molar-refractivity contribution is 9.10. The summed E-state index contributed by atoms with van der Waals surface area (Å²) in [5.41, 5.74) is 0.667. The Morgan fingerprint density at radius 3 is 2.81 bits per heavy atom. The summed E-state index contributed by atoms with van der Waals surface area (Å²) in [4.78, 5) is 0. The zero-order chi connectivity index (χ0) is 11.9. The van der Waals surface area contributed by atoms with Crippen molar-refractivity contribution in [2.45, 2.75) is 31.9 Å². The highest BCUT2D eigenvalue weighted by Crippen LogP contribution is 2.41. The van der Waals surface area contributed by atoms with Gasteiger partial charge >= 0.3 is 0 Å². The van der Waals surface area contributed by atoms with E-state index < -0.39 is 0 Å². The fourth-order valence-electron chi connectivity index (χ4n) is 2.10. The number of nitrogens with one attached hydrogen (secondary N) is 1. The van der Waals surface area contributed by atoms with Crippen LogP contribution < -0.4 is 10.1 Å². The fraction of sp³-hybridized carbons (Fsp3) is 0.500. The molecule has 1 aromatic rings. The molecule has 0 amide bonds. The predicted molar refractivity (Wildman–Crippen MR) is 65.2 cm³/mol. The van der Waals surface area contributed by atoms with Gasteiger partial charge in [-0.05, 0) is 49.0 Å². The molecule has 2 nitrogen and oxygen atoms in total. The van der Waals surface area contributed by atoms with Crippen LogP contribution in [0.25, 0.3) is 0 Å². The molecule has 0 bridgehead atoms. The minimum Gasteiger partial charge on any atom is -0.487 e. The highest BCUT2D eigenvalue weighted by Gasteiger charge is 2.33. The zero-order valence-corrected chi connectivity index (χ0v) is 11.2. The van der Waals surface area contributed by atoms with Gasteiger partial charge in [-0.3, -0.25) is 0 Å². The lowest BCUT2D eigenvalue weighted by molar-refractivity contribution is 0.0671. The first-order chi connectivity index (χ1) is 7.43. The standard InChI is InChI=1S/C12H15BrFNO/c1-12(2)6-10(15-3)7-4-9(14)8(13)5-11(7)16-12/h4-5,10,15H,6H2,1-3H3. The second-order valence-corrected chi connectivity index (χ2v) is 5.57. The van der Waals surface area contributed by atoms with Crippen LogP contribution in [0.4, 0.5) is 4.39 Å². The maximum atomic E-state index is 13.5. The van der Waals surface area contributed by atoms with Gasteiger partial charge in [0.25, 0.3) is 0 Å². The summed E-state index contributed by atoms with van der Waals surface area (Å²) in [7, 11) is 1.88. The SMILES string of the molecule is CNC1CC(C)(C)Oc2cc(Br)c(F)cc21. The summed E-state index contributed by atoms with van der Waals surface area (Å²) in [6.07, 6.45) is 0.831. The molecule has 0 fully saturated rings. The Bertz CT molecular complexity index is 420. The molecule has 0 aliphatic carbocycles. The minimum atomic E-state index is -0.248. The molecule has 1 N–H and O–H groups in total. The number of rotatable bonds is 1. The van der Waals surface area contributed by atoms with Crippen LogP contribution in [-0.4, -0.2) is 12.6 Å². The lowest BCUT2D eigenvalue weighted by atomic mass is 9.90. The van der Waals surface area contributed by atoms with Gasteiger partial charge in [0, 0.05) is 18.0 Å². The van der Waals surface area contributed by atoms with Crippen LogP contribution in [0.2, 0.25) is 0 Å². The van der Waals surface area contributed by atoms with E-state index in [-0.39, 0.29) is 17.5 Å². The zero-order valence-electron chi connectivity index (χ0n) is 9.60. The number of hydrogen-bond donors (Lipinski definition) is 1. The van der Waals surface area contributed by atoms with Gasteiger partial charge < -0.3 is 10.1 Å². The molecule has 16 heavy (non-hydrogen) atoms. The maximum Gasteiger partial charge on any atom is 0.137 e. The van der Waals surface area contributed by atoms with Crippen LogP contribution in [-0.2, 0) is 0 Å². The Kier molecular flexibility index (Phi) is 2.97. The maximum absolute atomic E-state index is 13.5. The van der Waals surface area contributed by atoms with E-state index in [1.54, 1.807) is 6.07 Å². The Hall–Kier alpha value is -0.610. The molecule has 1 aliphatic heterocycles. The number of halogens is 2. The summed E-state index contributed by atoms with van der Waals surface area (Å²) >= 11 is 3.18. The Labute approximate surface area is 103 Å². The van der Waals surface area contributed by atoms with Crippen LogP contribution >= 0.6 is 15.9 Å². The Balaban J connectivity index is 2.50. The quantitative estimate of drug-likeness (QED) is 0.855.